The predicted octanol–water partition coefficient (Wildman–Crippen LogP) is 4.10. The lowest BCUT2D eigenvalue weighted by atomic mass is 10.1. The molecule has 1 N–H and O–H groups in total. The summed E-state index contributed by atoms with van der Waals surface area (Å²) in [6, 6.07) is 12.2. The van der Waals surface area contributed by atoms with Gasteiger partial charge in [0, 0.05) is 39.0 Å². The van der Waals surface area contributed by atoms with Gasteiger partial charge in [-0.2, -0.15) is 4.98 Å². The molecule has 1 aliphatic carbocycles. The number of nitrogens with one attached hydrogen (secondary N) is 1. The Labute approximate surface area is 194 Å². The summed E-state index contributed by atoms with van der Waals surface area (Å²) in [4.78, 5) is 9.44. The Bertz CT molecular complexity index is 1130. The molecule has 0 radical (unpaired) electrons. The van der Waals surface area contributed by atoms with Gasteiger partial charge in [-0.1, -0.05) is 0 Å². The molecule has 2 saturated heterocycles. The topological polar surface area (TPSA) is 58.5 Å². The van der Waals surface area contributed by atoms with Crippen LogP contribution in [0.1, 0.15) is 31.3 Å². The zero-order valence-corrected chi connectivity index (χ0v) is 18.9. The number of aryl methyl sites for hydroxylation is 1. The Morgan fingerprint density at radius 2 is 1.82 bits per heavy atom. The number of aromatic nitrogens is 3. The highest BCUT2D eigenvalue weighted by Gasteiger charge is 2.30. The maximum Gasteiger partial charge on any atom is 0.246 e. The van der Waals surface area contributed by atoms with Gasteiger partial charge in [0.25, 0.3) is 0 Å². The van der Waals surface area contributed by atoms with Crippen molar-refractivity contribution in [3.05, 3.63) is 59.7 Å². The molecule has 0 spiro atoms. The van der Waals surface area contributed by atoms with Gasteiger partial charge in [0.2, 0.25) is 5.95 Å². The van der Waals surface area contributed by atoms with Crippen LogP contribution in [0.5, 0.6) is 0 Å². The number of anilines is 3. The van der Waals surface area contributed by atoms with Crippen molar-refractivity contribution in [2.45, 2.75) is 31.7 Å². The summed E-state index contributed by atoms with van der Waals surface area (Å²) in [7, 11) is 0. The van der Waals surface area contributed by atoms with Crippen molar-refractivity contribution in [1.82, 2.24) is 19.7 Å². The van der Waals surface area contributed by atoms with Crippen LogP contribution in [0.3, 0.4) is 0 Å². The number of hydrogen-bond donors (Lipinski definition) is 1. The SMILES string of the molecule is Cc1cc(F)cc(-n2cnc(Nc3cc(C4CC4)cc(N4CCN(C5COC5)CC4)c3)n2)c1.[HH]. The van der Waals surface area contributed by atoms with E-state index in [4.69, 9.17) is 4.74 Å². The predicted molar refractivity (Wildman–Crippen MR) is 128 cm³/mol. The fourth-order valence-corrected chi connectivity index (χ4v) is 4.74. The first-order chi connectivity index (χ1) is 16.1. The third kappa shape index (κ3) is 4.45. The Morgan fingerprint density at radius 3 is 2.52 bits per heavy atom. The quantitative estimate of drug-likeness (QED) is 0.610. The summed E-state index contributed by atoms with van der Waals surface area (Å²) in [6.45, 7) is 7.81. The van der Waals surface area contributed by atoms with Gasteiger partial charge in [-0.15, -0.1) is 5.10 Å². The van der Waals surface area contributed by atoms with Crippen molar-refractivity contribution >= 4 is 17.3 Å². The molecule has 2 aliphatic heterocycles. The number of hydrogen-bond acceptors (Lipinski definition) is 6. The maximum atomic E-state index is 13.8. The van der Waals surface area contributed by atoms with E-state index in [1.54, 1.807) is 11.0 Å². The molecule has 8 heteroatoms. The van der Waals surface area contributed by atoms with E-state index >= 15 is 0 Å². The lowest BCUT2D eigenvalue weighted by Crippen LogP contribution is -2.56. The average molecular weight is 451 g/mol. The molecule has 7 nitrogen and oxygen atoms in total. The first-order valence-corrected chi connectivity index (χ1v) is 11.8. The molecule has 0 amide bonds. The molecule has 3 aliphatic rings. The van der Waals surface area contributed by atoms with E-state index < -0.39 is 0 Å². The molecule has 6 rings (SSSR count). The molecule has 174 valence electrons. The van der Waals surface area contributed by atoms with E-state index in [1.165, 1.54) is 36.2 Å². The van der Waals surface area contributed by atoms with Gasteiger partial charge in [0.15, 0.2) is 0 Å². The minimum Gasteiger partial charge on any atom is -0.378 e. The summed E-state index contributed by atoms with van der Waals surface area (Å²) in [5.74, 6) is 0.882. The highest BCUT2D eigenvalue weighted by molar-refractivity contribution is 5.65. The molecular formula is C25H31FN6O. The first-order valence-electron chi connectivity index (χ1n) is 11.8. The van der Waals surface area contributed by atoms with Crippen molar-refractivity contribution in [2.75, 3.05) is 49.6 Å². The largest absolute Gasteiger partial charge is 0.378 e. The van der Waals surface area contributed by atoms with Gasteiger partial charge in [-0.25, -0.2) is 9.07 Å². The Morgan fingerprint density at radius 1 is 1.00 bits per heavy atom. The second-order valence-electron chi connectivity index (χ2n) is 9.43. The van der Waals surface area contributed by atoms with Crippen LogP contribution in [0, 0.1) is 12.7 Å². The zero-order valence-electron chi connectivity index (χ0n) is 18.9. The highest BCUT2D eigenvalue weighted by atomic mass is 19.1. The van der Waals surface area contributed by atoms with Crippen LogP contribution < -0.4 is 10.2 Å². The molecule has 1 saturated carbocycles. The van der Waals surface area contributed by atoms with Crippen LogP contribution in [0.2, 0.25) is 0 Å². The van der Waals surface area contributed by atoms with Gasteiger partial charge in [0.1, 0.15) is 12.1 Å². The molecule has 0 unspecified atom stereocenters. The van der Waals surface area contributed by atoms with Crippen LogP contribution in [-0.2, 0) is 4.74 Å². The van der Waals surface area contributed by atoms with E-state index in [-0.39, 0.29) is 7.24 Å². The summed E-state index contributed by atoms with van der Waals surface area (Å²) >= 11 is 0. The maximum absolute atomic E-state index is 13.8. The molecule has 3 aromatic rings. The van der Waals surface area contributed by atoms with Gasteiger partial charge in [-0.3, -0.25) is 4.90 Å². The summed E-state index contributed by atoms with van der Waals surface area (Å²) in [5, 5.41) is 7.91. The second kappa shape index (κ2) is 8.43. The monoisotopic (exact) mass is 450 g/mol. The number of halogens is 1. The molecule has 0 bridgehead atoms. The molecule has 1 aromatic heterocycles. The minimum absolute atomic E-state index is 0. The average Bonchev–Trinajstić information content (AvgIpc) is 3.51. The number of rotatable bonds is 6. The molecule has 3 heterocycles. The number of benzene rings is 2. The minimum atomic E-state index is -0.276. The van der Waals surface area contributed by atoms with Crippen molar-refractivity contribution < 1.29 is 10.6 Å². The van der Waals surface area contributed by atoms with Crippen LogP contribution in [0.4, 0.5) is 21.7 Å². The molecule has 0 atom stereocenters. The van der Waals surface area contributed by atoms with Gasteiger partial charge in [-0.05, 0) is 73.2 Å². The summed E-state index contributed by atoms with van der Waals surface area (Å²) < 4.78 is 20.8. The lowest BCUT2D eigenvalue weighted by Gasteiger charge is -2.43. The number of piperazine rings is 1. The normalized spacial score (nSPS) is 19.5. The number of ether oxygens (including phenoxy) is 1. The summed E-state index contributed by atoms with van der Waals surface area (Å²) in [5.41, 5.74) is 5.14. The van der Waals surface area contributed by atoms with Gasteiger partial charge < -0.3 is 15.0 Å². The second-order valence-corrected chi connectivity index (χ2v) is 9.43. The van der Waals surface area contributed by atoms with E-state index in [0.717, 1.165) is 50.6 Å². The Balaban J connectivity index is 0.00000241. The fraction of sp³-hybridized carbons (Fsp3) is 0.440. The fourth-order valence-electron chi connectivity index (χ4n) is 4.74. The first kappa shape index (κ1) is 20.6. The van der Waals surface area contributed by atoms with Crippen molar-refractivity contribution in [1.29, 1.82) is 0 Å². The van der Waals surface area contributed by atoms with Gasteiger partial charge in [0.05, 0.1) is 24.9 Å². The lowest BCUT2D eigenvalue weighted by molar-refractivity contribution is -0.0660. The van der Waals surface area contributed by atoms with E-state index in [2.05, 4.69) is 43.4 Å². The Hall–Kier alpha value is -2.97. The third-order valence-electron chi connectivity index (χ3n) is 6.84. The van der Waals surface area contributed by atoms with Crippen LogP contribution in [-0.4, -0.2) is 65.1 Å². The Kier molecular flexibility index (Phi) is 5.27. The van der Waals surface area contributed by atoms with E-state index in [1.807, 2.05) is 13.0 Å². The van der Waals surface area contributed by atoms with Gasteiger partial charge >= 0.3 is 0 Å². The van der Waals surface area contributed by atoms with E-state index in [9.17, 15) is 4.39 Å². The summed E-state index contributed by atoms with van der Waals surface area (Å²) in [6.07, 6.45) is 4.12. The van der Waals surface area contributed by atoms with Crippen molar-refractivity contribution in [3.63, 3.8) is 0 Å². The van der Waals surface area contributed by atoms with Crippen molar-refractivity contribution in [3.8, 4) is 5.69 Å². The van der Waals surface area contributed by atoms with E-state index in [0.29, 0.717) is 23.6 Å². The number of nitrogens with zero attached hydrogens (tertiary/aromatic N) is 5. The van der Waals surface area contributed by atoms with Crippen LogP contribution in [0.15, 0.2) is 42.7 Å². The zero-order chi connectivity index (χ0) is 22.4. The third-order valence-corrected chi connectivity index (χ3v) is 6.84. The molecule has 3 fully saturated rings. The smallest absolute Gasteiger partial charge is 0.246 e. The van der Waals surface area contributed by atoms with Crippen LogP contribution in [0.25, 0.3) is 5.69 Å². The standard InChI is InChI=1S/C25H29FN6O.H2/c1-17-8-20(26)12-23(9-17)32-16-27-25(29-32)28-21-10-19(18-2-3-18)11-22(13-21)30-4-6-31(7-5-30)24-14-33-15-24;/h8-13,16,18,24H,2-7,14-15H2,1H3,(H,28,29);1H. The van der Waals surface area contributed by atoms with Crippen LogP contribution >= 0.6 is 0 Å². The molecule has 2 aromatic carbocycles. The molecule has 33 heavy (non-hydrogen) atoms. The molecular weight excluding hydrogens is 419 g/mol. The highest BCUT2D eigenvalue weighted by Crippen LogP contribution is 2.42. The van der Waals surface area contributed by atoms with Crippen molar-refractivity contribution in [2.24, 2.45) is 0 Å².